The Morgan fingerprint density at radius 2 is 1.83 bits per heavy atom. The zero-order valence-corrected chi connectivity index (χ0v) is 14.0. The lowest BCUT2D eigenvalue weighted by Gasteiger charge is -2.15. The van der Waals surface area contributed by atoms with Gasteiger partial charge in [0.15, 0.2) is 0 Å². The van der Waals surface area contributed by atoms with E-state index < -0.39 is 5.24 Å². The molecule has 1 fully saturated rings. The highest BCUT2D eigenvalue weighted by Crippen LogP contribution is 2.18. The van der Waals surface area contributed by atoms with Crippen LogP contribution in [0.1, 0.15) is 23.2 Å². The number of anilines is 2. The summed E-state index contributed by atoms with van der Waals surface area (Å²) in [4.78, 5) is 21.5. The Balaban J connectivity index is 1.49. The average molecular weight is 347 g/mol. The van der Waals surface area contributed by atoms with Crippen molar-refractivity contribution in [3.8, 4) is 5.75 Å². The summed E-state index contributed by atoms with van der Waals surface area (Å²) in [6, 6.07) is 7.61. The molecular formula is C17H19ClN4O2. The van der Waals surface area contributed by atoms with Gasteiger partial charge in [0.05, 0.1) is 5.56 Å². The molecule has 0 saturated carbocycles. The molecule has 0 bridgehead atoms. The maximum atomic E-state index is 11.0. The van der Waals surface area contributed by atoms with Gasteiger partial charge in [-0.1, -0.05) is 0 Å². The van der Waals surface area contributed by atoms with Crippen LogP contribution in [-0.4, -0.2) is 46.4 Å². The summed E-state index contributed by atoms with van der Waals surface area (Å²) in [5.74, 6) is 1.24. The summed E-state index contributed by atoms with van der Waals surface area (Å²) in [5, 5.41) is 2.49. The second-order valence-corrected chi connectivity index (χ2v) is 5.96. The average Bonchev–Trinajstić information content (AvgIpc) is 3.10. The molecule has 1 aromatic heterocycles. The predicted octanol–water partition coefficient (Wildman–Crippen LogP) is 3.07. The number of halogens is 1. The minimum atomic E-state index is -0.572. The standard InChI is InChI=1S/C17H19ClN4O2/c18-16(23)13-11-19-17(20-12-13)21-14-3-5-15(6-4-14)24-10-9-22-7-1-2-8-22/h3-6,11-12H,1-2,7-10H2,(H,19,20,21). The topological polar surface area (TPSA) is 67.3 Å². The van der Waals surface area contributed by atoms with E-state index in [-0.39, 0.29) is 5.56 Å². The van der Waals surface area contributed by atoms with Crippen LogP contribution in [0.25, 0.3) is 0 Å². The van der Waals surface area contributed by atoms with Crippen molar-refractivity contribution >= 4 is 28.5 Å². The Morgan fingerprint density at radius 1 is 1.17 bits per heavy atom. The van der Waals surface area contributed by atoms with Gasteiger partial charge in [-0.15, -0.1) is 0 Å². The third-order valence-electron chi connectivity index (χ3n) is 3.86. The summed E-state index contributed by atoms with van der Waals surface area (Å²) >= 11 is 5.36. The fourth-order valence-corrected chi connectivity index (χ4v) is 2.65. The molecule has 7 heteroatoms. The van der Waals surface area contributed by atoms with Crippen LogP contribution in [-0.2, 0) is 0 Å². The first-order valence-electron chi connectivity index (χ1n) is 7.95. The Hall–Kier alpha value is -2.18. The van der Waals surface area contributed by atoms with E-state index in [0.29, 0.717) is 12.6 Å². The third kappa shape index (κ3) is 4.66. The molecule has 2 heterocycles. The summed E-state index contributed by atoms with van der Waals surface area (Å²) in [7, 11) is 0. The number of rotatable bonds is 7. The number of likely N-dealkylation sites (tertiary alicyclic amines) is 1. The molecule has 0 atom stereocenters. The molecular weight excluding hydrogens is 328 g/mol. The maximum absolute atomic E-state index is 11.0. The number of aromatic nitrogens is 2. The summed E-state index contributed by atoms with van der Waals surface area (Å²) < 4.78 is 5.76. The van der Waals surface area contributed by atoms with Gasteiger partial charge >= 0.3 is 0 Å². The Bertz CT molecular complexity index is 670. The zero-order valence-electron chi connectivity index (χ0n) is 13.2. The quantitative estimate of drug-likeness (QED) is 0.777. The molecule has 2 aromatic rings. The summed E-state index contributed by atoms with van der Waals surface area (Å²) in [5.41, 5.74) is 1.11. The number of carbonyl (C=O) groups is 1. The maximum Gasteiger partial charge on any atom is 0.255 e. The van der Waals surface area contributed by atoms with Crippen molar-refractivity contribution in [2.75, 3.05) is 31.6 Å². The Morgan fingerprint density at radius 3 is 2.46 bits per heavy atom. The first-order chi connectivity index (χ1) is 11.7. The molecule has 1 aliphatic heterocycles. The minimum absolute atomic E-state index is 0.268. The lowest BCUT2D eigenvalue weighted by Crippen LogP contribution is -2.25. The molecule has 0 unspecified atom stereocenters. The molecule has 0 spiro atoms. The van der Waals surface area contributed by atoms with Crippen molar-refractivity contribution in [2.24, 2.45) is 0 Å². The molecule has 126 valence electrons. The Labute approximate surface area is 145 Å². The van der Waals surface area contributed by atoms with Gasteiger partial charge in [-0.2, -0.15) is 0 Å². The van der Waals surface area contributed by atoms with E-state index in [9.17, 15) is 4.79 Å². The van der Waals surface area contributed by atoms with E-state index in [1.807, 2.05) is 24.3 Å². The highest BCUT2D eigenvalue weighted by Gasteiger charge is 2.10. The number of hydrogen-bond acceptors (Lipinski definition) is 6. The second kappa shape index (κ2) is 8.08. The van der Waals surface area contributed by atoms with E-state index in [2.05, 4.69) is 20.2 Å². The van der Waals surface area contributed by atoms with E-state index >= 15 is 0 Å². The molecule has 1 saturated heterocycles. The van der Waals surface area contributed by atoms with Crippen molar-refractivity contribution in [3.63, 3.8) is 0 Å². The molecule has 6 nitrogen and oxygen atoms in total. The molecule has 1 aromatic carbocycles. The molecule has 0 amide bonds. The van der Waals surface area contributed by atoms with E-state index in [0.717, 1.165) is 18.0 Å². The predicted molar refractivity (Wildman–Crippen MR) is 93.1 cm³/mol. The third-order valence-corrected chi connectivity index (χ3v) is 4.08. The van der Waals surface area contributed by atoms with Crippen LogP contribution in [0.15, 0.2) is 36.7 Å². The highest BCUT2D eigenvalue weighted by atomic mass is 35.5. The molecule has 3 rings (SSSR count). The van der Waals surface area contributed by atoms with Gasteiger partial charge in [-0.25, -0.2) is 9.97 Å². The SMILES string of the molecule is O=C(Cl)c1cnc(Nc2ccc(OCCN3CCCC3)cc2)nc1. The smallest absolute Gasteiger partial charge is 0.255 e. The minimum Gasteiger partial charge on any atom is -0.492 e. The summed E-state index contributed by atoms with van der Waals surface area (Å²) in [6.07, 6.45) is 5.37. The van der Waals surface area contributed by atoms with Gasteiger partial charge in [0, 0.05) is 24.6 Å². The summed E-state index contributed by atoms with van der Waals surface area (Å²) in [6.45, 7) is 4.03. The molecule has 1 N–H and O–H groups in total. The van der Waals surface area contributed by atoms with E-state index in [1.165, 1.54) is 38.3 Å². The van der Waals surface area contributed by atoms with Crippen molar-refractivity contribution < 1.29 is 9.53 Å². The zero-order chi connectivity index (χ0) is 16.8. The van der Waals surface area contributed by atoms with Gasteiger partial charge in [0.2, 0.25) is 5.95 Å². The highest BCUT2D eigenvalue weighted by molar-refractivity contribution is 6.67. The van der Waals surface area contributed by atoms with Crippen molar-refractivity contribution in [3.05, 3.63) is 42.2 Å². The van der Waals surface area contributed by atoms with Gasteiger partial charge < -0.3 is 10.1 Å². The normalized spacial score (nSPS) is 14.5. The first kappa shape index (κ1) is 16.7. The number of hydrogen-bond donors (Lipinski definition) is 1. The van der Waals surface area contributed by atoms with Gasteiger partial charge in [-0.3, -0.25) is 9.69 Å². The van der Waals surface area contributed by atoms with Crippen molar-refractivity contribution in [2.45, 2.75) is 12.8 Å². The van der Waals surface area contributed by atoms with Gasteiger partial charge in [0.25, 0.3) is 5.24 Å². The van der Waals surface area contributed by atoms with Crippen LogP contribution >= 0.6 is 11.6 Å². The number of nitrogens with zero attached hydrogens (tertiary/aromatic N) is 3. The second-order valence-electron chi connectivity index (χ2n) is 5.62. The fraction of sp³-hybridized carbons (Fsp3) is 0.353. The fourth-order valence-electron chi connectivity index (χ4n) is 2.56. The first-order valence-corrected chi connectivity index (χ1v) is 8.32. The van der Waals surface area contributed by atoms with Crippen molar-refractivity contribution in [1.82, 2.24) is 14.9 Å². The molecule has 1 aliphatic rings. The largest absolute Gasteiger partial charge is 0.492 e. The van der Waals surface area contributed by atoms with Crippen LogP contribution in [0.3, 0.4) is 0 Å². The van der Waals surface area contributed by atoms with Gasteiger partial charge in [0.1, 0.15) is 12.4 Å². The van der Waals surface area contributed by atoms with Crippen LogP contribution < -0.4 is 10.1 Å². The number of ether oxygens (including phenoxy) is 1. The van der Waals surface area contributed by atoms with Crippen LogP contribution in [0.2, 0.25) is 0 Å². The number of nitrogens with one attached hydrogen (secondary N) is 1. The van der Waals surface area contributed by atoms with Crippen LogP contribution in [0.4, 0.5) is 11.6 Å². The molecule has 0 aliphatic carbocycles. The lowest BCUT2D eigenvalue weighted by atomic mass is 10.3. The van der Waals surface area contributed by atoms with E-state index in [1.54, 1.807) is 0 Å². The Kier molecular flexibility index (Phi) is 5.61. The number of carbonyl (C=O) groups excluding carboxylic acids is 1. The van der Waals surface area contributed by atoms with Crippen molar-refractivity contribution in [1.29, 1.82) is 0 Å². The lowest BCUT2D eigenvalue weighted by molar-refractivity contribution is 0.108. The number of benzene rings is 1. The van der Waals surface area contributed by atoms with Crippen LogP contribution in [0.5, 0.6) is 5.75 Å². The van der Waals surface area contributed by atoms with Crippen LogP contribution in [0, 0.1) is 0 Å². The van der Waals surface area contributed by atoms with Gasteiger partial charge in [-0.05, 0) is 61.8 Å². The molecule has 0 radical (unpaired) electrons. The molecule has 24 heavy (non-hydrogen) atoms. The van der Waals surface area contributed by atoms with E-state index in [4.69, 9.17) is 16.3 Å². The monoisotopic (exact) mass is 346 g/mol.